The van der Waals surface area contributed by atoms with Gasteiger partial charge in [-0.25, -0.2) is 16.8 Å². The molecule has 0 spiro atoms. The van der Waals surface area contributed by atoms with Crippen molar-refractivity contribution in [1.29, 1.82) is 0 Å². The Balaban J connectivity index is 1.42. The second-order valence-corrected chi connectivity index (χ2v) is 16.5. The molecule has 5 atom stereocenters. The van der Waals surface area contributed by atoms with Crippen LogP contribution < -0.4 is 0 Å². The van der Waals surface area contributed by atoms with Crippen LogP contribution in [0.3, 0.4) is 0 Å². The van der Waals surface area contributed by atoms with E-state index in [9.17, 15) is 26.7 Å². The molecule has 3 aromatic rings. The van der Waals surface area contributed by atoms with Crippen LogP contribution in [-0.4, -0.2) is 32.3 Å². The Bertz CT molecular complexity index is 1580. The molecule has 0 aliphatic heterocycles. The Morgan fingerprint density at radius 1 is 0.875 bits per heavy atom. The zero-order valence-corrected chi connectivity index (χ0v) is 24.1. The van der Waals surface area contributed by atoms with Gasteiger partial charge in [-0.15, -0.1) is 0 Å². The Kier molecular flexibility index (Phi) is 6.69. The zero-order valence-electron chi connectivity index (χ0n) is 22.4. The maximum Gasteiger partial charge on any atom is 0.195 e. The van der Waals surface area contributed by atoms with Crippen molar-refractivity contribution in [2.75, 3.05) is 0 Å². The Labute approximate surface area is 236 Å². The average molecular weight is 579 g/mol. The lowest BCUT2D eigenvalue weighted by Crippen LogP contribution is -2.45. The Morgan fingerprint density at radius 2 is 1.48 bits per heavy atom. The van der Waals surface area contributed by atoms with E-state index in [1.165, 1.54) is 29.8 Å². The van der Waals surface area contributed by atoms with Crippen LogP contribution in [0.15, 0.2) is 88.7 Å². The Hall–Kier alpha value is -2.97. The molecule has 3 aliphatic carbocycles. The number of benzene rings is 3. The summed E-state index contributed by atoms with van der Waals surface area (Å²) in [5.74, 6) is 0.223. The molecule has 0 heterocycles. The molecule has 0 amide bonds. The van der Waals surface area contributed by atoms with E-state index in [0.29, 0.717) is 6.42 Å². The van der Waals surface area contributed by atoms with Crippen LogP contribution in [0.2, 0.25) is 0 Å². The van der Waals surface area contributed by atoms with Gasteiger partial charge in [0.25, 0.3) is 0 Å². The van der Waals surface area contributed by atoms with Gasteiger partial charge in [-0.3, -0.25) is 4.79 Å². The van der Waals surface area contributed by atoms with E-state index in [2.05, 4.69) is 0 Å². The molecule has 210 valence electrons. The summed E-state index contributed by atoms with van der Waals surface area (Å²) < 4.78 is 54.5. The van der Waals surface area contributed by atoms with Crippen molar-refractivity contribution in [1.82, 2.24) is 0 Å². The van der Waals surface area contributed by atoms with Gasteiger partial charge in [-0.2, -0.15) is 0 Å². The van der Waals surface area contributed by atoms with Crippen molar-refractivity contribution in [3.8, 4) is 5.75 Å². The van der Waals surface area contributed by atoms with E-state index in [1.54, 1.807) is 42.5 Å². The van der Waals surface area contributed by atoms with Gasteiger partial charge in [0.15, 0.2) is 24.3 Å². The highest BCUT2D eigenvalue weighted by Gasteiger charge is 2.60. The number of fused-ring (bicyclic) bond motifs is 5. The first-order chi connectivity index (χ1) is 19.0. The summed E-state index contributed by atoms with van der Waals surface area (Å²) in [6, 6.07) is 21.1. The first kappa shape index (κ1) is 27.2. The van der Waals surface area contributed by atoms with Crippen LogP contribution in [0.4, 0.5) is 0 Å². The summed E-state index contributed by atoms with van der Waals surface area (Å²) in [4.78, 5) is 13.5. The normalized spacial score (nSPS) is 28.1. The van der Waals surface area contributed by atoms with E-state index in [0.717, 1.165) is 24.8 Å². The van der Waals surface area contributed by atoms with Crippen molar-refractivity contribution in [3.05, 3.63) is 90.0 Å². The number of ketones is 1. The van der Waals surface area contributed by atoms with Gasteiger partial charge >= 0.3 is 0 Å². The molecule has 1 N–H and O–H groups in total. The molecule has 3 aromatic carbocycles. The topological polar surface area (TPSA) is 106 Å². The van der Waals surface area contributed by atoms with Crippen LogP contribution in [0.1, 0.15) is 56.1 Å². The summed E-state index contributed by atoms with van der Waals surface area (Å²) in [7, 11) is -8.56. The van der Waals surface area contributed by atoms with Gasteiger partial charge in [-0.05, 0) is 103 Å². The quantitative estimate of drug-likeness (QED) is 0.402. The van der Waals surface area contributed by atoms with Gasteiger partial charge < -0.3 is 5.11 Å². The van der Waals surface area contributed by atoms with Crippen LogP contribution in [0.5, 0.6) is 5.75 Å². The van der Waals surface area contributed by atoms with Crippen molar-refractivity contribution in [2.24, 2.45) is 23.2 Å². The lowest BCUT2D eigenvalue weighted by molar-refractivity contribution is -0.129. The molecule has 6 nitrogen and oxygen atoms in total. The number of phenols is 1. The highest BCUT2D eigenvalue weighted by molar-refractivity contribution is 8.09. The van der Waals surface area contributed by atoms with Gasteiger partial charge in [0, 0.05) is 11.8 Å². The number of phenolic OH excluding ortho intramolecular Hbond substituents is 1. The highest BCUT2D eigenvalue weighted by Crippen LogP contribution is 2.62. The van der Waals surface area contributed by atoms with Gasteiger partial charge in [0.2, 0.25) is 0 Å². The Morgan fingerprint density at radius 3 is 2.08 bits per heavy atom. The SMILES string of the molecule is C[C@]12CC[C@@H]3c4ccc(O)cc4CC[C@H]3[C@@H]1C(CC(S(=O)(=O)c1ccccc1)S(=O)(=O)c1ccccc1)CC2=O. The van der Waals surface area contributed by atoms with E-state index in [1.807, 2.05) is 19.1 Å². The summed E-state index contributed by atoms with van der Waals surface area (Å²) in [5.41, 5.74) is 1.72. The molecule has 0 bridgehead atoms. The summed E-state index contributed by atoms with van der Waals surface area (Å²) in [5, 5.41) is 10.0. The van der Waals surface area contributed by atoms with Crippen molar-refractivity contribution < 1.29 is 26.7 Å². The number of rotatable bonds is 6. The fourth-order valence-corrected chi connectivity index (χ4v) is 12.7. The minimum Gasteiger partial charge on any atom is -0.508 e. The first-order valence-corrected chi connectivity index (χ1v) is 17.1. The number of Topliss-reactive ketones (excluding diaryl/α,β-unsaturated/α-hetero) is 1. The predicted molar refractivity (Wildman–Crippen MR) is 152 cm³/mol. The molecule has 2 fully saturated rings. The number of hydrogen-bond acceptors (Lipinski definition) is 6. The summed E-state index contributed by atoms with van der Waals surface area (Å²) in [6.45, 7) is 2.01. The minimum absolute atomic E-state index is 0.0282. The molecule has 6 rings (SSSR count). The van der Waals surface area contributed by atoms with E-state index < -0.39 is 29.7 Å². The standard InChI is InChI=1S/C32H34O6S2/c1-32-17-16-27-26-15-13-23(33)18-21(26)12-14-28(27)31(32)22(19-29(32)34)20-30(39(35,36)24-8-4-2-5-9-24)40(37,38)25-10-6-3-7-11-25/h2-11,13,15,18,22,27-28,30-31,33H,12,14,16-17,19-20H2,1H3/t22?,27-,28-,31+,32-/m1/s1. The number of aromatic hydroxyl groups is 1. The number of carbonyl (C=O) groups excluding carboxylic acids is 1. The fraction of sp³-hybridized carbons (Fsp3) is 0.406. The largest absolute Gasteiger partial charge is 0.508 e. The molecule has 3 aliphatic rings. The van der Waals surface area contributed by atoms with Crippen molar-refractivity contribution >= 4 is 25.5 Å². The second-order valence-electron chi connectivity index (χ2n) is 11.9. The number of carbonyl (C=O) groups is 1. The van der Waals surface area contributed by atoms with Gasteiger partial charge in [-0.1, -0.05) is 49.4 Å². The first-order valence-electron chi connectivity index (χ1n) is 14.0. The summed E-state index contributed by atoms with van der Waals surface area (Å²) in [6.07, 6.45) is 3.21. The third kappa shape index (κ3) is 4.31. The highest BCUT2D eigenvalue weighted by atomic mass is 32.3. The average Bonchev–Trinajstić information content (AvgIpc) is 3.21. The van der Waals surface area contributed by atoms with Crippen LogP contribution in [0.25, 0.3) is 0 Å². The van der Waals surface area contributed by atoms with Gasteiger partial charge in [0.05, 0.1) is 9.79 Å². The van der Waals surface area contributed by atoms with Gasteiger partial charge in [0.1, 0.15) is 11.5 Å². The molecule has 8 heteroatoms. The predicted octanol–water partition coefficient (Wildman–Crippen LogP) is 5.71. The lowest BCUT2D eigenvalue weighted by Gasteiger charge is -2.50. The maximum atomic E-state index is 14.1. The molecule has 40 heavy (non-hydrogen) atoms. The molecular formula is C32H34O6S2. The van der Waals surface area contributed by atoms with E-state index >= 15 is 0 Å². The molecule has 0 radical (unpaired) electrons. The zero-order chi connectivity index (χ0) is 28.3. The number of hydrogen-bond donors (Lipinski definition) is 1. The molecular weight excluding hydrogens is 544 g/mol. The van der Waals surface area contributed by atoms with Crippen LogP contribution >= 0.6 is 0 Å². The second kappa shape index (κ2) is 9.84. The van der Waals surface area contributed by atoms with Crippen LogP contribution in [-0.2, 0) is 30.9 Å². The van der Waals surface area contributed by atoms with E-state index in [4.69, 9.17) is 0 Å². The van der Waals surface area contributed by atoms with Crippen molar-refractivity contribution in [2.45, 2.75) is 65.7 Å². The third-order valence-electron chi connectivity index (χ3n) is 9.88. The molecule has 0 aromatic heterocycles. The van der Waals surface area contributed by atoms with Crippen molar-refractivity contribution in [3.63, 3.8) is 0 Å². The number of aryl methyl sites for hydroxylation is 1. The molecule has 2 saturated carbocycles. The molecule has 1 unspecified atom stereocenters. The monoisotopic (exact) mass is 578 g/mol. The maximum absolute atomic E-state index is 14.1. The molecule has 0 saturated heterocycles. The third-order valence-corrected chi connectivity index (χ3v) is 15.0. The van der Waals surface area contributed by atoms with Crippen LogP contribution in [0, 0.1) is 23.2 Å². The van der Waals surface area contributed by atoms with E-state index in [-0.39, 0.29) is 57.8 Å². The summed E-state index contributed by atoms with van der Waals surface area (Å²) >= 11 is 0. The lowest BCUT2D eigenvalue weighted by atomic mass is 9.54. The smallest absolute Gasteiger partial charge is 0.195 e. The minimum atomic E-state index is -4.28. The fourth-order valence-electron chi connectivity index (χ4n) is 8.03. The number of sulfone groups is 2.